The smallest absolute Gasteiger partial charge is 0.324 e. The number of hydrogen-bond acceptors (Lipinski definition) is 3. The molecule has 0 fully saturated rings. The second kappa shape index (κ2) is 5.90. The Morgan fingerprint density at radius 2 is 2.05 bits per heavy atom. The van der Waals surface area contributed by atoms with E-state index in [1.54, 1.807) is 0 Å². The average molecular weight is 354 g/mol. The van der Waals surface area contributed by atoms with Gasteiger partial charge in [0.25, 0.3) is 10.0 Å². The van der Waals surface area contributed by atoms with Crippen LogP contribution in [0.5, 0.6) is 0 Å². The molecule has 0 spiro atoms. The molecule has 120 valence electrons. The normalized spacial score (nSPS) is 12.6. The molecule has 22 heavy (non-hydrogen) atoms. The maximum atomic E-state index is 12.6. The van der Waals surface area contributed by atoms with Gasteiger partial charge in [0, 0.05) is 13.6 Å². The molecule has 5 nitrogen and oxygen atoms in total. The summed E-state index contributed by atoms with van der Waals surface area (Å²) >= 11 is 5.79. The van der Waals surface area contributed by atoms with Gasteiger partial charge in [-0.15, -0.1) is 0 Å². The van der Waals surface area contributed by atoms with E-state index in [1.807, 2.05) is 0 Å². The Morgan fingerprint density at radius 1 is 1.36 bits per heavy atom. The van der Waals surface area contributed by atoms with Gasteiger partial charge in [-0.05, 0) is 11.6 Å². The minimum absolute atomic E-state index is 0.0865. The summed E-state index contributed by atoms with van der Waals surface area (Å²) in [5, 5.41) is -0.458. The third-order valence-electron chi connectivity index (χ3n) is 2.81. The summed E-state index contributed by atoms with van der Waals surface area (Å²) in [6.07, 6.45) is -3.26. The predicted octanol–water partition coefficient (Wildman–Crippen LogP) is 2.57. The molecule has 0 radical (unpaired) electrons. The van der Waals surface area contributed by atoms with E-state index in [1.165, 1.54) is 30.1 Å². The number of nitrogens with one attached hydrogen (secondary N) is 1. The van der Waals surface area contributed by atoms with Crippen LogP contribution in [0.25, 0.3) is 0 Å². The number of hydrogen-bond donors (Lipinski definition) is 1. The molecule has 2 aromatic rings. The molecule has 0 atom stereocenters. The van der Waals surface area contributed by atoms with Crippen molar-refractivity contribution < 1.29 is 21.6 Å². The van der Waals surface area contributed by atoms with E-state index in [9.17, 15) is 21.6 Å². The minimum Gasteiger partial charge on any atom is -0.324 e. The van der Waals surface area contributed by atoms with Gasteiger partial charge in [-0.1, -0.05) is 29.8 Å². The SMILES string of the molecule is Cn1cnc(S(=O)(=O)NCc2cccc(C(F)(F)F)c2)c1Cl. The molecule has 2 rings (SSSR count). The molecule has 0 unspecified atom stereocenters. The van der Waals surface area contributed by atoms with Crippen molar-refractivity contribution in [3.05, 3.63) is 46.9 Å². The largest absolute Gasteiger partial charge is 0.416 e. The van der Waals surface area contributed by atoms with E-state index in [0.717, 1.165) is 12.1 Å². The Kier molecular flexibility index (Phi) is 4.50. The second-order valence-corrected chi connectivity index (χ2v) is 6.51. The topological polar surface area (TPSA) is 64.0 Å². The van der Waals surface area contributed by atoms with Crippen LogP contribution in [0.2, 0.25) is 5.15 Å². The number of nitrogens with zero attached hydrogens (tertiary/aromatic N) is 2. The number of aromatic nitrogens is 2. The molecule has 0 aliphatic heterocycles. The van der Waals surface area contributed by atoms with Gasteiger partial charge < -0.3 is 4.57 Å². The van der Waals surface area contributed by atoms with Gasteiger partial charge in [-0.2, -0.15) is 13.2 Å². The second-order valence-electron chi connectivity index (χ2n) is 4.47. The van der Waals surface area contributed by atoms with Crippen molar-refractivity contribution in [2.75, 3.05) is 0 Å². The number of aryl methyl sites for hydroxylation is 1. The Labute approximate surface area is 129 Å². The summed E-state index contributed by atoms with van der Waals surface area (Å²) in [6.45, 7) is -0.306. The van der Waals surface area contributed by atoms with Gasteiger partial charge in [-0.25, -0.2) is 18.1 Å². The highest BCUT2D eigenvalue weighted by Gasteiger charge is 2.30. The quantitative estimate of drug-likeness (QED) is 0.918. The maximum Gasteiger partial charge on any atom is 0.416 e. The van der Waals surface area contributed by atoms with Gasteiger partial charge in [0.05, 0.1) is 11.9 Å². The van der Waals surface area contributed by atoms with E-state index in [2.05, 4.69) is 9.71 Å². The zero-order chi connectivity index (χ0) is 16.5. The third kappa shape index (κ3) is 3.60. The Hall–Kier alpha value is -1.58. The fourth-order valence-electron chi connectivity index (χ4n) is 1.68. The van der Waals surface area contributed by atoms with Crippen LogP contribution in [0.4, 0.5) is 13.2 Å². The lowest BCUT2D eigenvalue weighted by Gasteiger charge is -2.09. The fraction of sp³-hybridized carbons (Fsp3) is 0.250. The Bertz CT molecular complexity index is 787. The van der Waals surface area contributed by atoms with Gasteiger partial charge in [0.2, 0.25) is 5.03 Å². The molecule has 0 bridgehead atoms. The van der Waals surface area contributed by atoms with Gasteiger partial charge in [-0.3, -0.25) is 0 Å². The van der Waals surface area contributed by atoms with Gasteiger partial charge in [0.15, 0.2) is 0 Å². The number of benzene rings is 1. The molecule has 10 heteroatoms. The Balaban J connectivity index is 2.18. The highest BCUT2D eigenvalue weighted by Crippen LogP contribution is 2.29. The minimum atomic E-state index is -4.49. The highest BCUT2D eigenvalue weighted by atomic mass is 35.5. The van der Waals surface area contributed by atoms with Crippen molar-refractivity contribution in [3.8, 4) is 0 Å². The molecule has 1 heterocycles. The summed E-state index contributed by atoms with van der Waals surface area (Å²) in [5.74, 6) is 0. The number of rotatable bonds is 4. The molecule has 1 aromatic heterocycles. The van der Waals surface area contributed by atoms with Crippen LogP contribution < -0.4 is 4.72 Å². The van der Waals surface area contributed by atoms with Crippen molar-refractivity contribution >= 4 is 21.6 Å². The third-order valence-corrected chi connectivity index (χ3v) is 4.70. The lowest BCUT2D eigenvalue weighted by Crippen LogP contribution is -2.24. The van der Waals surface area contributed by atoms with Crippen LogP contribution in [0.1, 0.15) is 11.1 Å². The number of alkyl halides is 3. The van der Waals surface area contributed by atoms with E-state index >= 15 is 0 Å². The molecule has 1 aromatic carbocycles. The van der Waals surface area contributed by atoms with Crippen LogP contribution in [0.15, 0.2) is 35.6 Å². The van der Waals surface area contributed by atoms with Crippen LogP contribution >= 0.6 is 11.6 Å². The van der Waals surface area contributed by atoms with E-state index in [-0.39, 0.29) is 22.3 Å². The van der Waals surface area contributed by atoms with Crippen molar-refractivity contribution in [1.82, 2.24) is 14.3 Å². The molecule has 1 N–H and O–H groups in total. The first-order valence-corrected chi connectivity index (χ1v) is 7.80. The van der Waals surface area contributed by atoms with E-state index in [0.29, 0.717) is 0 Å². The summed E-state index contributed by atoms with van der Waals surface area (Å²) in [4.78, 5) is 3.66. The standard InChI is InChI=1S/C12H11ClF3N3O2S/c1-19-7-17-11(10(19)13)22(20,21)18-6-8-3-2-4-9(5-8)12(14,15)16/h2-5,7,18H,6H2,1H3. The van der Waals surface area contributed by atoms with E-state index in [4.69, 9.17) is 11.6 Å². The number of imidazole rings is 1. The van der Waals surface area contributed by atoms with Crippen LogP contribution in [-0.2, 0) is 29.8 Å². The monoisotopic (exact) mass is 353 g/mol. The zero-order valence-electron chi connectivity index (χ0n) is 11.2. The predicted molar refractivity (Wildman–Crippen MR) is 73.7 cm³/mol. The van der Waals surface area contributed by atoms with E-state index < -0.39 is 21.8 Å². The first kappa shape index (κ1) is 16.8. The molecule has 0 aliphatic rings. The summed E-state index contributed by atoms with van der Waals surface area (Å²) in [5.41, 5.74) is -0.675. The summed E-state index contributed by atoms with van der Waals surface area (Å²) < 4.78 is 65.3. The molecule has 0 amide bonds. The summed E-state index contributed by atoms with van der Waals surface area (Å²) in [6, 6.07) is 4.38. The highest BCUT2D eigenvalue weighted by molar-refractivity contribution is 7.89. The molecular formula is C12H11ClF3N3O2S. The van der Waals surface area contributed by atoms with Crippen molar-refractivity contribution in [3.63, 3.8) is 0 Å². The first-order valence-electron chi connectivity index (χ1n) is 5.94. The van der Waals surface area contributed by atoms with Gasteiger partial charge in [0.1, 0.15) is 5.15 Å². The van der Waals surface area contributed by atoms with Crippen LogP contribution in [0, 0.1) is 0 Å². The van der Waals surface area contributed by atoms with Crippen LogP contribution in [0.3, 0.4) is 0 Å². The van der Waals surface area contributed by atoms with Crippen molar-refractivity contribution in [1.29, 1.82) is 0 Å². The molecular weight excluding hydrogens is 343 g/mol. The lowest BCUT2D eigenvalue weighted by molar-refractivity contribution is -0.137. The van der Waals surface area contributed by atoms with Gasteiger partial charge >= 0.3 is 6.18 Å². The average Bonchev–Trinajstić information content (AvgIpc) is 2.77. The fourth-order valence-corrected chi connectivity index (χ4v) is 3.12. The van der Waals surface area contributed by atoms with Crippen LogP contribution in [-0.4, -0.2) is 18.0 Å². The zero-order valence-corrected chi connectivity index (χ0v) is 12.8. The maximum absolute atomic E-state index is 12.6. The Morgan fingerprint density at radius 3 is 2.59 bits per heavy atom. The van der Waals surface area contributed by atoms with Crippen molar-refractivity contribution in [2.24, 2.45) is 7.05 Å². The first-order chi connectivity index (χ1) is 10.1. The summed E-state index contributed by atoms with van der Waals surface area (Å²) in [7, 11) is -2.50. The number of halogens is 4. The molecule has 0 aliphatic carbocycles. The molecule has 0 saturated heterocycles. The molecule has 0 saturated carbocycles. The lowest BCUT2D eigenvalue weighted by atomic mass is 10.1. The van der Waals surface area contributed by atoms with Crippen molar-refractivity contribution in [2.45, 2.75) is 17.7 Å². The number of sulfonamides is 1.